The van der Waals surface area contributed by atoms with Gasteiger partial charge in [-0.1, -0.05) is 63.0 Å². The normalized spacial score (nSPS) is 10.7. The molecule has 2 aromatic carbocycles. The molecule has 1 heterocycles. The van der Waals surface area contributed by atoms with E-state index < -0.39 is 0 Å². The van der Waals surface area contributed by atoms with Crippen LogP contribution in [-0.4, -0.2) is 5.16 Å². The zero-order chi connectivity index (χ0) is 14.1. The van der Waals surface area contributed by atoms with Gasteiger partial charge in [-0.25, -0.2) is 0 Å². The Morgan fingerprint density at radius 3 is 2.55 bits per heavy atom. The van der Waals surface area contributed by atoms with Gasteiger partial charge in [-0.15, -0.1) is 0 Å². The number of hydrogen-bond donors (Lipinski definition) is 1. The second-order valence-electron chi connectivity index (χ2n) is 4.26. The van der Waals surface area contributed by atoms with Gasteiger partial charge in [0.25, 0.3) is 0 Å². The predicted molar refractivity (Wildman–Crippen MR) is 84.5 cm³/mol. The molecule has 0 aliphatic rings. The summed E-state index contributed by atoms with van der Waals surface area (Å²) in [6.45, 7) is 0. The quantitative estimate of drug-likeness (QED) is 0.708. The fourth-order valence-electron chi connectivity index (χ4n) is 2.04. The number of anilines is 1. The summed E-state index contributed by atoms with van der Waals surface area (Å²) in [5.74, 6) is 0.927. The van der Waals surface area contributed by atoms with Crippen LogP contribution >= 0.6 is 27.5 Å². The first-order valence-corrected chi connectivity index (χ1v) is 7.10. The molecular formula is C15H10BrClN2O. The molecule has 0 saturated carbocycles. The van der Waals surface area contributed by atoms with Gasteiger partial charge in [0.05, 0.1) is 10.6 Å². The highest BCUT2D eigenvalue weighted by Gasteiger charge is 2.19. The second kappa shape index (κ2) is 5.31. The number of halogens is 2. The highest BCUT2D eigenvalue weighted by molar-refractivity contribution is 9.10. The molecular weight excluding hydrogens is 340 g/mol. The SMILES string of the molecule is Nc1noc(-c2ccc(Br)cc2Cl)c1-c1ccccc1. The fraction of sp³-hybridized carbons (Fsp3) is 0. The van der Waals surface area contributed by atoms with Crippen molar-refractivity contribution in [1.29, 1.82) is 0 Å². The van der Waals surface area contributed by atoms with Crippen LogP contribution in [0.5, 0.6) is 0 Å². The van der Waals surface area contributed by atoms with Crippen LogP contribution in [0.15, 0.2) is 57.5 Å². The van der Waals surface area contributed by atoms with Crippen LogP contribution in [0.2, 0.25) is 5.02 Å². The fourth-order valence-corrected chi connectivity index (χ4v) is 2.80. The van der Waals surface area contributed by atoms with Gasteiger partial charge >= 0.3 is 0 Å². The molecule has 0 spiro atoms. The number of benzene rings is 2. The number of hydrogen-bond acceptors (Lipinski definition) is 3. The summed E-state index contributed by atoms with van der Waals surface area (Å²) in [5, 5.41) is 4.44. The van der Waals surface area contributed by atoms with Crippen LogP contribution in [0.4, 0.5) is 5.82 Å². The van der Waals surface area contributed by atoms with Crippen LogP contribution < -0.4 is 5.73 Å². The van der Waals surface area contributed by atoms with E-state index in [2.05, 4.69) is 21.1 Å². The van der Waals surface area contributed by atoms with Crippen molar-refractivity contribution in [3.05, 3.63) is 58.0 Å². The molecule has 0 amide bonds. The standard InChI is InChI=1S/C15H10BrClN2O/c16-10-6-7-11(12(17)8-10)14-13(15(18)19-20-14)9-4-2-1-3-5-9/h1-8H,(H2,18,19). The highest BCUT2D eigenvalue weighted by Crippen LogP contribution is 2.40. The molecule has 3 aromatic rings. The third kappa shape index (κ3) is 2.32. The summed E-state index contributed by atoms with van der Waals surface area (Å²) in [4.78, 5) is 0. The molecule has 0 bridgehead atoms. The van der Waals surface area contributed by atoms with Gasteiger partial charge in [0, 0.05) is 10.0 Å². The molecule has 3 nitrogen and oxygen atoms in total. The van der Waals surface area contributed by atoms with Crippen LogP contribution in [0.1, 0.15) is 0 Å². The largest absolute Gasteiger partial charge is 0.380 e. The van der Waals surface area contributed by atoms with E-state index >= 15 is 0 Å². The van der Waals surface area contributed by atoms with Crippen LogP contribution in [0.3, 0.4) is 0 Å². The average molecular weight is 350 g/mol. The van der Waals surface area contributed by atoms with Crippen LogP contribution in [-0.2, 0) is 0 Å². The maximum Gasteiger partial charge on any atom is 0.178 e. The molecule has 100 valence electrons. The number of nitrogens with two attached hydrogens (primary N) is 1. The van der Waals surface area contributed by atoms with E-state index in [0.717, 1.165) is 21.2 Å². The molecule has 0 radical (unpaired) electrons. The van der Waals surface area contributed by atoms with E-state index in [1.807, 2.05) is 48.5 Å². The molecule has 0 aliphatic carbocycles. The Hall–Kier alpha value is -1.78. The maximum absolute atomic E-state index is 6.27. The van der Waals surface area contributed by atoms with Gasteiger partial charge in [0.1, 0.15) is 0 Å². The minimum Gasteiger partial charge on any atom is -0.380 e. The molecule has 2 N–H and O–H groups in total. The van der Waals surface area contributed by atoms with E-state index in [1.54, 1.807) is 0 Å². The Morgan fingerprint density at radius 1 is 1.10 bits per heavy atom. The lowest BCUT2D eigenvalue weighted by atomic mass is 10.0. The smallest absolute Gasteiger partial charge is 0.178 e. The first-order valence-electron chi connectivity index (χ1n) is 5.93. The van der Waals surface area contributed by atoms with E-state index in [0.29, 0.717) is 16.6 Å². The topological polar surface area (TPSA) is 52.0 Å². The van der Waals surface area contributed by atoms with Crippen molar-refractivity contribution in [1.82, 2.24) is 5.16 Å². The predicted octanol–water partition coefficient (Wildman–Crippen LogP) is 5.01. The van der Waals surface area contributed by atoms with Crippen molar-refractivity contribution in [2.45, 2.75) is 0 Å². The molecule has 20 heavy (non-hydrogen) atoms. The lowest BCUT2D eigenvalue weighted by molar-refractivity contribution is 0.436. The zero-order valence-electron chi connectivity index (χ0n) is 10.3. The molecule has 3 rings (SSSR count). The number of nitrogens with zero attached hydrogens (tertiary/aromatic N) is 1. The maximum atomic E-state index is 6.27. The minimum atomic E-state index is 0.352. The Bertz CT molecular complexity index is 756. The van der Waals surface area contributed by atoms with Gasteiger partial charge in [-0.3, -0.25) is 0 Å². The van der Waals surface area contributed by atoms with Gasteiger partial charge < -0.3 is 10.3 Å². The lowest BCUT2D eigenvalue weighted by Crippen LogP contribution is -1.89. The molecule has 0 saturated heterocycles. The van der Waals surface area contributed by atoms with E-state index in [9.17, 15) is 0 Å². The Labute approximate surface area is 129 Å². The molecule has 0 fully saturated rings. The second-order valence-corrected chi connectivity index (χ2v) is 5.59. The van der Waals surface area contributed by atoms with Gasteiger partial charge in [-0.2, -0.15) is 0 Å². The van der Waals surface area contributed by atoms with Crippen molar-refractivity contribution in [3.8, 4) is 22.5 Å². The molecule has 0 atom stereocenters. The third-order valence-electron chi connectivity index (χ3n) is 2.96. The number of rotatable bonds is 2. The third-order valence-corrected chi connectivity index (χ3v) is 3.76. The van der Waals surface area contributed by atoms with Gasteiger partial charge in [0.2, 0.25) is 0 Å². The van der Waals surface area contributed by atoms with Crippen molar-refractivity contribution in [3.63, 3.8) is 0 Å². The monoisotopic (exact) mass is 348 g/mol. The molecule has 0 unspecified atom stereocenters. The summed E-state index contributed by atoms with van der Waals surface area (Å²) in [6.07, 6.45) is 0. The van der Waals surface area contributed by atoms with Gasteiger partial charge in [-0.05, 0) is 23.8 Å². The summed E-state index contributed by atoms with van der Waals surface area (Å²) in [7, 11) is 0. The van der Waals surface area contributed by atoms with Crippen molar-refractivity contribution < 1.29 is 4.52 Å². The van der Waals surface area contributed by atoms with E-state index in [1.165, 1.54) is 0 Å². The van der Waals surface area contributed by atoms with Gasteiger partial charge in [0.15, 0.2) is 11.6 Å². The van der Waals surface area contributed by atoms with Crippen molar-refractivity contribution >= 4 is 33.3 Å². The first kappa shape index (κ1) is 13.2. The average Bonchev–Trinajstić information content (AvgIpc) is 2.81. The van der Waals surface area contributed by atoms with Crippen LogP contribution in [0, 0.1) is 0 Å². The molecule has 1 aromatic heterocycles. The highest BCUT2D eigenvalue weighted by atomic mass is 79.9. The summed E-state index contributed by atoms with van der Waals surface area (Å²) in [5.41, 5.74) is 8.40. The van der Waals surface area contributed by atoms with Crippen LogP contribution in [0.25, 0.3) is 22.5 Å². The summed E-state index contributed by atoms with van der Waals surface area (Å²) in [6, 6.07) is 15.3. The summed E-state index contributed by atoms with van der Waals surface area (Å²) >= 11 is 9.66. The zero-order valence-corrected chi connectivity index (χ0v) is 12.6. The van der Waals surface area contributed by atoms with E-state index in [4.69, 9.17) is 21.9 Å². The van der Waals surface area contributed by atoms with Crippen molar-refractivity contribution in [2.24, 2.45) is 0 Å². The lowest BCUT2D eigenvalue weighted by Gasteiger charge is -2.05. The van der Waals surface area contributed by atoms with E-state index in [-0.39, 0.29) is 0 Å². The summed E-state index contributed by atoms with van der Waals surface area (Å²) < 4.78 is 6.28. The Balaban J connectivity index is 2.21. The van der Waals surface area contributed by atoms with Crippen molar-refractivity contribution in [2.75, 3.05) is 5.73 Å². The minimum absolute atomic E-state index is 0.352. The number of nitrogen functional groups attached to an aromatic ring is 1. The Morgan fingerprint density at radius 2 is 1.85 bits per heavy atom. The number of aromatic nitrogens is 1. The Kier molecular flexibility index (Phi) is 3.51. The molecule has 5 heteroatoms. The molecule has 0 aliphatic heterocycles. The first-order chi connectivity index (χ1) is 9.66.